The summed E-state index contributed by atoms with van der Waals surface area (Å²) in [6.45, 7) is 8.73. The molecule has 0 spiro atoms. The number of nitrogens with two attached hydrogens (primary N) is 1. The highest BCUT2D eigenvalue weighted by molar-refractivity contribution is 6.46. The summed E-state index contributed by atoms with van der Waals surface area (Å²) in [6.07, 6.45) is 5.19. The fourth-order valence-electron chi connectivity index (χ4n) is 5.49. The Bertz CT molecular complexity index is 1640. The first-order valence-electron chi connectivity index (χ1n) is 15.0. The molecule has 0 saturated heterocycles. The van der Waals surface area contributed by atoms with Gasteiger partial charge in [-0.25, -0.2) is 4.79 Å². The van der Waals surface area contributed by atoms with Crippen molar-refractivity contribution in [3.05, 3.63) is 54.1 Å². The minimum atomic E-state index is -0.650. The molecular formula is C34H41N3O5. The van der Waals surface area contributed by atoms with Gasteiger partial charge in [0.25, 0.3) is 0 Å². The van der Waals surface area contributed by atoms with E-state index < -0.39 is 17.7 Å². The van der Waals surface area contributed by atoms with Crippen molar-refractivity contribution in [2.24, 2.45) is 11.1 Å². The van der Waals surface area contributed by atoms with Gasteiger partial charge in [-0.1, -0.05) is 69.5 Å². The molecule has 0 amide bonds. The molecule has 0 aliphatic carbocycles. The lowest BCUT2D eigenvalue weighted by Crippen LogP contribution is -2.18. The molecule has 1 aromatic heterocycles. The third-order valence-electron chi connectivity index (χ3n) is 7.72. The Labute approximate surface area is 246 Å². The lowest BCUT2D eigenvalue weighted by Gasteiger charge is -2.18. The zero-order valence-electron chi connectivity index (χ0n) is 25.1. The Morgan fingerprint density at radius 3 is 2.38 bits per heavy atom. The summed E-state index contributed by atoms with van der Waals surface area (Å²) in [5.41, 5.74) is 9.71. The number of carbonyl (C=O) groups excluding carboxylic acids is 3. The van der Waals surface area contributed by atoms with Crippen molar-refractivity contribution in [1.29, 1.82) is 0 Å². The van der Waals surface area contributed by atoms with E-state index in [1.54, 1.807) is 6.07 Å². The normalized spacial score (nSPS) is 12.6. The SMILES string of the molecule is CCCCC(CC)Cn1c2ccc(C(=O)/C(CCC(=O)OCCC)=N/OC(C)=O)cc2c2cc(N)c3ccccc3c21. The van der Waals surface area contributed by atoms with E-state index in [1.807, 2.05) is 43.3 Å². The highest BCUT2D eigenvalue weighted by Crippen LogP contribution is 2.38. The smallest absolute Gasteiger partial charge is 0.331 e. The number of anilines is 1. The average Bonchev–Trinajstić information content (AvgIpc) is 3.30. The lowest BCUT2D eigenvalue weighted by molar-refractivity contribution is -0.143. The van der Waals surface area contributed by atoms with Gasteiger partial charge < -0.3 is 19.9 Å². The summed E-state index contributed by atoms with van der Waals surface area (Å²) in [7, 11) is 0. The molecule has 3 aromatic carbocycles. The molecule has 8 heteroatoms. The molecule has 1 heterocycles. The number of unbranched alkanes of at least 4 members (excludes halogenated alkanes) is 1. The van der Waals surface area contributed by atoms with Gasteiger partial charge in [-0.05, 0) is 43.0 Å². The van der Waals surface area contributed by atoms with Crippen molar-refractivity contribution >= 4 is 61.7 Å². The van der Waals surface area contributed by atoms with Gasteiger partial charge in [-0.3, -0.25) is 9.59 Å². The Morgan fingerprint density at radius 1 is 0.929 bits per heavy atom. The third kappa shape index (κ3) is 6.81. The second kappa shape index (κ2) is 14.1. The molecule has 1 atom stereocenters. The van der Waals surface area contributed by atoms with Crippen molar-refractivity contribution in [3.8, 4) is 0 Å². The van der Waals surface area contributed by atoms with E-state index in [0.717, 1.165) is 58.4 Å². The topological polar surface area (TPSA) is 113 Å². The summed E-state index contributed by atoms with van der Waals surface area (Å²) in [6, 6.07) is 15.8. The van der Waals surface area contributed by atoms with Crippen LogP contribution in [0, 0.1) is 5.92 Å². The number of rotatable bonds is 14. The summed E-state index contributed by atoms with van der Waals surface area (Å²) in [4.78, 5) is 42.1. The van der Waals surface area contributed by atoms with Crippen molar-refractivity contribution in [2.45, 2.75) is 79.2 Å². The van der Waals surface area contributed by atoms with Gasteiger partial charge in [0.1, 0.15) is 5.71 Å². The van der Waals surface area contributed by atoms with E-state index in [2.05, 4.69) is 29.6 Å². The highest BCUT2D eigenvalue weighted by atomic mass is 16.7. The van der Waals surface area contributed by atoms with Gasteiger partial charge in [0.15, 0.2) is 0 Å². The first kappa shape index (κ1) is 30.8. The van der Waals surface area contributed by atoms with Gasteiger partial charge in [-0.15, -0.1) is 0 Å². The zero-order valence-corrected chi connectivity index (χ0v) is 25.1. The highest BCUT2D eigenvalue weighted by Gasteiger charge is 2.22. The van der Waals surface area contributed by atoms with E-state index in [-0.39, 0.29) is 18.6 Å². The number of ether oxygens (including phenoxy) is 1. The van der Waals surface area contributed by atoms with Crippen LogP contribution in [0.5, 0.6) is 0 Å². The number of hydrogen-bond acceptors (Lipinski definition) is 7. The lowest BCUT2D eigenvalue weighted by atomic mass is 9.99. The van der Waals surface area contributed by atoms with Crippen LogP contribution >= 0.6 is 0 Å². The Balaban J connectivity index is 1.83. The molecule has 4 aromatic rings. The number of nitrogen functional groups attached to an aromatic ring is 1. The Morgan fingerprint density at radius 2 is 1.69 bits per heavy atom. The molecule has 42 heavy (non-hydrogen) atoms. The molecule has 0 fully saturated rings. The van der Waals surface area contributed by atoms with Crippen LogP contribution in [0.3, 0.4) is 0 Å². The molecule has 2 N–H and O–H groups in total. The molecule has 0 saturated carbocycles. The predicted molar refractivity (Wildman–Crippen MR) is 169 cm³/mol. The molecule has 0 aliphatic heterocycles. The predicted octanol–water partition coefficient (Wildman–Crippen LogP) is 7.58. The first-order valence-corrected chi connectivity index (χ1v) is 15.0. The van der Waals surface area contributed by atoms with Crippen molar-refractivity contribution < 1.29 is 24.0 Å². The van der Waals surface area contributed by atoms with E-state index >= 15 is 0 Å². The number of hydrogen-bond donors (Lipinski definition) is 1. The van der Waals surface area contributed by atoms with Gasteiger partial charge >= 0.3 is 11.9 Å². The third-order valence-corrected chi connectivity index (χ3v) is 7.72. The monoisotopic (exact) mass is 571 g/mol. The van der Waals surface area contributed by atoms with E-state index in [0.29, 0.717) is 30.2 Å². The number of aromatic nitrogens is 1. The Hall–Kier alpha value is -4.20. The molecule has 0 bridgehead atoms. The fourth-order valence-corrected chi connectivity index (χ4v) is 5.49. The van der Waals surface area contributed by atoms with Crippen LogP contribution < -0.4 is 5.73 Å². The number of carbonyl (C=O) groups is 3. The minimum Gasteiger partial charge on any atom is -0.466 e. The maximum absolute atomic E-state index is 13.7. The van der Waals surface area contributed by atoms with Crippen LogP contribution in [0.1, 0.15) is 83.0 Å². The van der Waals surface area contributed by atoms with Gasteiger partial charge in [0.05, 0.1) is 18.5 Å². The Kier molecular flexibility index (Phi) is 10.3. The average molecular weight is 572 g/mol. The van der Waals surface area contributed by atoms with E-state index in [9.17, 15) is 14.4 Å². The number of Topliss-reactive ketones (excluding diaryl/α,β-unsaturated/α-hetero) is 1. The summed E-state index contributed by atoms with van der Waals surface area (Å²) in [5, 5.41) is 7.77. The number of nitrogens with zero attached hydrogens (tertiary/aromatic N) is 2. The molecule has 8 nitrogen and oxygen atoms in total. The van der Waals surface area contributed by atoms with Crippen LogP contribution in [-0.4, -0.2) is 34.6 Å². The number of fused-ring (bicyclic) bond motifs is 5. The number of oxime groups is 1. The van der Waals surface area contributed by atoms with Crippen molar-refractivity contribution in [1.82, 2.24) is 4.57 Å². The zero-order chi connectivity index (χ0) is 30.2. The second-order valence-electron chi connectivity index (χ2n) is 10.8. The molecule has 0 radical (unpaired) electrons. The number of ketones is 1. The molecule has 0 aliphatic rings. The van der Waals surface area contributed by atoms with Gasteiger partial charge in [0, 0.05) is 58.2 Å². The molecule has 4 rings (SSSR count). The van der Waals surface area contributed by atoms with Crippen LogP contribution in [0.4, 0.5) is 5.69 Å². The summed E-state index contributed by atoms with van der Waals surface area (Å²) in [5.74, 6) is -0.986. The second-order valence-corrected chi connectivity index (χ2v) is 10.8. The number of esters is 1. The first-order chi connectivity index (χ1) is 20.3. The standard InChI is InChI=1S/C34H41N3O5/c1-5-8-11-23(7-3)21-37-31-16-14-24(34(40)30(36-42-22(4)38)15-17-32(39)41-18-6-2)19-27(31)28-20-29(35)25-12-9-10-13-26(25)33(28)37/h9-10,12-14,16,19-20,23H,5-8,11,15,17-18,21,35H2,1-4H3/b36-30+. The van der Waals surface area contributed by atoms with E-state index in [1.165, 1.54) is 13.3 Å². The summed E-state index contributed by atoms with van der Waals surface area (Å²) >= 11 is 0. The molecule has 1 unspecified atom stereocenters. The van der Waals surface area contributed by atoms with Crippen molar-refractivity contribution in [2.75, 3.05) is 12.3 Å². The van der Waals surface area contributed by atoms with Crippen LogP contribution in [0.25, 0.3) is 32.6 Å². The number of benzene rings is 3. The minimum absolute atomic E-state index is 0.0123. The maximum Gasteiger partial charge on any atom is 0.331 e. The van der Waals surface area contributed by atoms with Gasteiger partial charge in [-0.2, -0.15) is 0 Å². The van der Waals surface area contributed by atoms with Crippen LogP contribution in [0.15, 0.2) is 53.7 Å². The maximum atomic E-state index is 13.7. The quantitative estimate of drug-likeness (QED) is 0.0417. The van der Waals surface area contributed by atoms with Gasteiger partial charge in [0.2, 0.25) is 5.78 Å². The van der Waals surface area contributed by atoms with Crippen LogP contribution in [-0.2, 0) is 25.7 Å². The largest absolute Gasteiger partial charge is 0.466 e. The van der Waals surface area contributed by atoms with Crippen LogP contribution in [0.2, 0.25) is 0 Å². The molecule has 222 valence electrons. The fraction of sp³-hybridized carbons (Fsp3) is 0.412. The van der Waals surface area contributed by atoms with Crippen molar-refractivity contribution in [3.63, 3.8) is 0 Å². The summed E-state index contributed by atoms with van der Waals surface area (Å²) < 4.78 is 7.52. The molecular weight excluding hydrogens is 530 g/mol. The van der Waals surface area contributed by atoms with E-state index in [4.69, 9.17) is 15.3 Å².